The average molecular weight is 304 g/mol. The molecule has 3 nitrogen and oxygen atoms in total. The number of hydrogen-bond donors (Lipinski definition) is 1. The van der Waals surface area contributed by atoms with Crippen LogP contribution in [0.4, 0.5) is 0 Å². The molecule has 0 spiro atoms. The zero-order valence-electron chi connectivity index (χ0n) is 11.9. The number of benzene rings is 2. The van der Waals surface area contributed by atoms with Crippen molar-refractivity contribution in [3.05, 3.63) is 58.6 Å². The van der Waals surface area contributed by atoms with E-state index in [2.05, 4.69) is 0 Å². The molecule has 0 aromatic heterocycles. The highest BCUT2D eigenvalue weighted by atomic mass is 35.5. The topological polar surface area (TPSA) is 44.5 Å². The summed E-state index contributed by atoms with van der Waals surface area (Å²) >= 11 is 6.03. The van der Waals surface area contributed by atoms with Gasteiger partial charge in [0, 0.05) is 28.6 Å². The summed E-state index contributed by atoms with van der Waals surface area (Å²) in [7, 11) is 0. The van der Waals surface area contributed by atoms with Crippen molar-refractivity contribution in [2.75, 3.05) is 6.61 Å². The number of halogens is 1. The van der Waals surface area contributed by atoms with Crippen LogP contribution in [-0.2, 0) is 0 Å². The highest BCUT2D eigenvalue weighted by molar-refractivity contribution is 6.30. The van der Waals surface area contributed by atoms with E-state index in [1.807, 2.05) is 49.4 Å². The van der Waals surface area contributed by atoms with Gasteiger partial charge in [0.2, 0.25) is 0 Å². The maximum Gasteiger partial charge on any atom is 0.129 e. The molecule has 0 amide bonds. The Bertz CT molecular complexity index is 644. The number of para-hydroxylation sites is 1. The Morgan fingerprint density at radius 2 is 2.05 bits per heavy atom. The minimum Gasteiger partial charge on any atom is -0.493 e. The van der Waals surface area contributed by atoms with Crippen LogP contribution in [0.3, 0.4) is 0 Å². The van der Waals surface area contributed by atoms with E-state index in [0.717, 1.165) is 22.6 Å². The number of hydrogen-bond acceptors (Lipinski definition) is 3. The maximum atomic E-state index is 6.29. The molecule has 0 saturated heterocycles. The van der Waals surface area contributed by atoms with Crippen molar-refractivity contribution in [1.82, 2.24) is 0 Å². The first-order valence-corrected chi connectivity index (χ1v) is 7.50. The molecule has 110 valence electrons. The van der Waals surface area contributed by atoms with Gasteiger partial charge in [-0.2, -0.15) is 0 Å². The van der Waals surface area contributed by atoms with Crippen molar-refractivity contribution >= 4 is 11.6 Å². The third-order valence-corrected chi connectivity index (χ3v) is 3.91. The van der Waals surface area contributed by atoms with Crippen LogP contribution < -0.4 is 15.2 Å². The summed E-state index contributed by atoms with van der Waals surface area (Å²) in [5.74, 6) is 1.66. The fraction of sp³-hybridized carbons (Fsp3) is 0.294. The number of nitrogens with two attached hydrogens (primary N) is 1. The Balaban J connectivity index is 1.94. The first-order chi connectivity index (χ1) is 10.2. The molecule has 2 aromatic rings. The van der Waals surface area contributed by atoms with Gasteiger partial charge in [0.15, 0.2) is 0 Å². The van der Waals surface area contributed by atoms with Gasteiger partial charge in [-0.25, -0.2) is 0 Å². The van der Waals surface area contributed by atoms with E-state index in [-0.39, 0.29) is 12.1 Å². The molecule has 0 saturated carbocycles. The molecule has 0 bridgehead atoms. The smallest absolute Gasteiger partial charge is 0.129 e. The molecular weight excluding hydrogens is 286 g/mol. The monoisotopic (exact) mass is 303 g/mol. The molecule has 0 fully saturated rings. The van der Waals surface area contributed by atoms with E-state index in [1.165, 1.54) is 0 Å². The second kappa shape index (κ2) is 5.96. The first-order valence-electron chi connectivity index (χ1n) is 7.12. The number of ether oxygens (including phenoxy) is 2. The normalized spacial score (nSPS) is 20.5. The van der Waals surface area contributed by atoms with Crippen LogP contribution in [0.15, 0.2) is 42.5 Å². The summed E-state index contributed by atoms with van der Waals surface area (Å²) in [6, 6.07) is 13.4. The second-order valence-electron chi connectivity index (χ2n) is 5.10. The highest BCUT2D eigenvalue weighted by Gasteiger charge is 2.29. The zero-order valence-corrected chi connectivity index (χ0v) is 12.6. The quantitative estimate of drug-likeness (QED) is 0.921. The van der Waals surface area contributed by atoms with E-state index in [0.29, 0.717) is 18.1 Å². The average Bonchev–Trinajstić information content (AvgIpc) is 2.49. The van der Waals surface area contributed by atoms with E-state index in [4.69, 9.17) is 26.8 Å². The van der Waals surface area contributed by atoms with Crippen LogP contribution in [0.5, 0.6) is 11.5 Å². The van der Waals surface area contributed by atoms with E-state index < -0.39 is 0 Å². The molecule has 0 aliphatic carbocycles. The minimum absolute atomic E-state index is 0.0906. The van der Waals surface area contributed by atoms with E-state index in [9.17, 15) is 0 Å². The summed E-state index contributed by atoms with van der Waals surface area (Å²) in [6.07, 6.45) is 0.605. The predicted octanol–water partition coefficient (Wildman–Crippen LogP) is 4.26. The van der Waals surface area contributed by atoms with Crippen LogP contribution in [0.25, 0.3) is 0 Å². The molecule has 0 radical (unpaired) electrons. The van der Waals surface area contributed by atoms with Crippen molar-refractivity contribution in [3.63, 3.8) is 0 Å². The molecule has 2 atom stereocenters. The Morgan fingerprint density at radius 1 is 1.24 bits per heavy atom. The lowest BCUT2D eigenvalue weighted by Gasteiger charge is -2.31. The third kappa shape index (κ3) is 2.85. The van der Waals surface area contributed by atoms with Gasteiger partial charge in [0.25, 0.3) is 0 Å². The molecule has 4 heteroatoms. The molecule has 1 aliphatic rings. The van der Waals surface area contributed by atoms with Crippen molar-refractivity contribution in [2.45, 2.75) is 25.5 Å². The van der Waals surface area contributed by atoms with Crippen molar-refractivity contribution in [1.29, 1.82) is 0 Å². The van der Waals surface area contributed by atoms with Gasteiger partial charge in [0.05, 0.1) is 6.61 Å². The van der Waals surface area contributed by atoms with Gasteiger partial charge >= 0.3 is 0 Å². The van der Waals surface area contributed by atoms with Crippen LogP contribution in [-0.4, -0.2) is 6.61 Å². The molecule has 2 N–H and O–H groups in total. The molecule has 3 rings (SSSR count). The Hall–Kier alpha value is -1.71. The summed E-state index contributed by atoms with van der Waals surface area (Å²) in [6.45, 7) is 2.60. The largest absolute Gasteiger partial charge is 0.493 e. The zero-order chi connectivity index (χ0) is 14.8. The highest BCUT2D eigenvalue weighted by Crippen LogP contribution is 2.42. The van der Waals surface area contributed by atoms with Gasteiger partial charge in [-0.15, -0.1) is 0 Å². The van der Waals surface area contributed by atoms with Crippen molar-refractivity contribution in [3.8, 4) is 11.5 Å². The lowest BCUT2D eigenvalue weighted by molar-refractivity contribution is 0.156. The van der Waals surface area contributed by atoms with Crippen molar-refractivity contribution < 1.29 is 9.47 Å². The predicted molar refractivity (Wildman–Crippen MR) is 84.0 cm³/mol. The van der Waals surface area contributed by atoms with Gasteiger partial charge < -0.3 is 15.2 Å². The van der Waals surface area contributed by atoms with E-state index >= 15 is 0 Å². The lowest BCUT2D eigenvalue weighted by Crippen LogP contribution is -2.24. The van der Waals surface area contributed by atoms with Gasteiger partial charge in [-0.3, -0.25) is 0 Å². The third-order valence-electron chi connectivity index (χ3n) is 3.67. The van der Waals surface area contributed by atoms with Crippen LogP contribution in [0.1, 0.15) is 36.6 Å². The number of fused-ring (bicyclic) bond motifs is 1. The maximum absolute atomic E-state index is 6.29. The number of rotatable bonds is 3. The molecule has 1 heterocycles. The Morgan fingerprint density at radius 3 is 2.86 bits per heavy atom. The first kappa shape index (κ1) is 14.2. The fourth-order valence-corrected chi connectivity index (χ4v) is 2.88. The van der Waals surface area contributed by atoms with Gasteiger partial charge in [0.1, 0.15) is 17.6 Å². The lowest BCUT2D eigenvalue weighted by atomic mass is 9.93. The van der Waals surface area contributed by atoms with Gasteiger partial charge in [-0.1, -0.05) is 29.8 Å². The molecule has 21 heavy (non-hydrogen) atoms. The summed E-state index contributed by atoms with van der Waals surface area (Å²) in [5.41, 5.74) is 8.29. The molecule has 2 aromatic carbocycles. The van der Waals surface area contributed by atoms with Crippen LogP contribution >= 0.6 is 11.6 Å². The fourth-order valence-electron chi connectivity index (χ4n) is 2.70. The van der Waals surface area contributed by atoms with Crippen LogP contribution in [0, 0.1) is 0 Å². The van der Waals surface area contributed by atoms with Crippen LogP contribution in [0.2, 0.25) is 5.02 Å². The minimum atomic E-state index is -0.101. The summed E-state index contributed by atoms with van der Waals surface area (Å²) in [5, 5.41) is 0.681. The Kier molecular flexibility index (Phi) is 4.04. The Labute approximate surface area is 129 Å². The van der Waals surface area contributed by atoms with Crippen molar-refractivity contribution in [2.24, 2.45) is 5.73 Å². The summed E-state index contributed by atoms with van der Waals surface area (Å²) in [4.78, 5) is 0. The SMILES string of the molecule is CCOc1ccccc1C1C[C@@H](N)c2cc(Cl)ccc2O1. The molecule has 1 aliphatic heterocycles. The molecular formula is C17H18ClNO2. The standard InChI is InChI=1S/C17H18ClNO2/c1-2-20-15-6-4-3-5-12(15)17-10-14(19)13-9-11(18)7-8-16(13)21-17/h3-9,14,17H,2,10,19H2,1H3/t14-,17?/m1/s1. The van der Waals surface area contributed by atoms with E-state index in [1.54, 1.807) is 0 Å². The second-order valence-corrected chi connectivity index (χ2v) is 5.54. The molecule has 1 unspecified atom stereocenters. The van der Waals surface area contributed by atoms with Gasteiger partial charge in [-0.05, 0) is 31.2 Å². The summed E-state index contributed by atoms with van der Waals surface area (Å²) < 4.78 is 11.8.